The number of nitrogens with one attached hydrogen (secondary N) is 1. The summed E-state index contributed by atoms with van der Waals surface area (Å²) in [6.07, 6.45) is 0. The number of pyridine rings is 1. The van der Waals surface area contributed by atoms with Crippen molar-refractivity contribution in [3.63, 3.8) is 0 Å². The van der Waals surface area contributed by atoms with E-state index in [-0.39, 0.29) is 0 Å². The summed E-state index contributed by atoms with van der Waals surface area (Å²) in [4.78, 5) is 7.92. The third kappa shape index (κ3) is 1.42. The minimum absolute atomic E-state index is 0.545. The van der Waals surface area contributed by atoms with Crippen molar-refractivity contribution in [1.82, 2.24) is 9.97 Å². The maximum Gasteiger partial charge on any atom is 0.132 e. The standard InChI is InChI=1S/C15H10ClN3/c16-8-5-6-12-11(7-8)14-13(18-12)9-3-1-2-4-10(9)15(17)19-14/h1-7,18H,(H2,17,19). The number of anilines is 1. The molecule has 0 fully saturated rings. The Hall–Kier alpha value is -2.26. The molecule has 4 aromatic rings. The molecule has 3 nitrogen and oxygen atoms in total. The van der Waals surface area contributed by atoms with Crippen molar-refractivity contribution >= 4 is 50.1 Å². The van der Waals surface area contributed by atoms with Crippen LogP contribution in [0.4, 0.5) is 5.82 Å². The molecule has 0 saturated carbocycles. The van der Waals surface area contributed by atoms with Crippen LogP contribution in [-0.2, 0) is 0 Å². The summed E-state index contributed by atoms with van der Waals surface area (Å²) in [7, 11) is 0. The molecule has 0 spiro atoms. The molecule has 0 saturated heterocycles. The normalized spacial score (nSPS) is 11.6. The highest BCUT2D eigenvalue weighted by atomic mass is 35.5. The summed E-state index contributed by atoms with van der Waals surface area (Å²) in [6.45, 7) is 0. The lowest BCUT2D eigenvalue weighted by Crippen LogP contribution is -1.92. The Labute approximate surface area is 114 Å². The third-order valence-electron chi connectivity index (χ3n) is 3.44. The Kier molecular flexibility index (Phi) is 2.03. The second-order valence-electron chi connectivity index (χ2n) is 4.58. The molecule has 0 aliphatic carbocycles. The summed E-state index contributed by atoms with van der Waals surface area (Å²) in [5.74, 6) is 0.545. The van der Waals surface area contributed by atoms with Gasteiger partial charge in [0, 0.05) is 26.7 Å². The predicted octanol–water partition coefficient (Wildman–Crippen LogP) is 4.10. The number of fused-ring (bicyclic) bond motifs is 5. The van der Waals surface area contributed by atoms with E-state index in [4.69, 9.17) is 17.3 Å². The van der Waals surface area contributed by atoms with Crippen molar-refractivity contribution in [2.45, 2.75) is 0 Å². The fourth-order valence-corrected chi connectivity index (χ4v) is 2.74. The van der Waals surface area contributed by atoms with E-state index in [2.05, 4.69) is 9.97 Å². The first-order valence-corrected chi connectivity index (χ1v) is 6.37. The van der Waals surface area contributed by atoms with Crippen molar-refractivity contribution < 1.29 is 0 Å². The molecule has 0 bridgehead atoms. The number of H-pyrrole nitrogens is 1. The van der Waals surface area contributed by atoms with Crippen LogP contribution in [0.2, 0.25) is 5.02 Å². The second-order valence-corrected chi connectivity index (χ2v) is 5.02. The Morgan fingerprint density at radius 2 is 1.79 bits per heavy atom. The first-order chi connectivity index (χ1) is 9.24. The Morgan fingerprint density at radius 3 is 2.63 bits per heavy atom. The van der Waals surface area contributed by atoms with E-state index in [1.54, 1.807) is 0 Å². The van der Waals surface area contributed by atoms with E-state index in [1.807, 2.05) is 42.5 Å². The van der Waals surface area contributed by atoms with Crippen LogP contribution in [-0.4, -0.2) is 9.97 Å². The van der Waals surface area contributed by atoms with Gasteiger partial charge in [-0.3, -0.25) is 0 Å². The van der Waals surface area contributed by atoms with Gasteiger partial charge in [-0.2, -0.15) is 0 Å². The van der Waals surface area contributed by atoms with E-state index in [0.29, 0.717) is 10.8 Å². The van der Waals surface area contributed by atoms with E-state index in [1.165, 1.54) is 0 Å². The van der Waals surface area contributed by atoms with Gasteiger partial charge in [-0.15, -0.1) is 0 Å². The third-order valence-corrected chi connectivity index (χ3v) is 3.67. The van der Waals surface area contributed by atoms with Gasteiger partial charge in [0.25, 0.3) is 0 Å². The molecule has 19 heavy (non-hydrogen) atoms. The highest BCUT2D eigenvalue weighted by Crippen LogP contribution is 2.33. The lowest BCUT2D eigenvalue weighted by Gasteiger charge is -2.02. The SMILES string of the molecule is Nc1nc2c3cc(Cl)ccc3[nH]c2c2ccccc12. The Balaban J connectivity index is 2.32. The maximum atomic E-state index is 6.06. The molecular weight excluding hydrogens is 258 g/mol. The van der Waals surface area contributed by atoms with Crippen molar-refractivity contribution in [2.24, 2.45) is 0 Å². The zero-order chi connectivity index (χ0) is 13.0. The minimum atomic E-state index is 0.545. The van der Waals surface area contributed by atoms with Gasteiger partial charge in [0.2, 0.25) is 0 Å². The maximum absolute atomic E-state index is 6.06. The smallest absolute Gasteiger partial charge is 0.132 e. The van der Waals surface area contributed by atoms with E-state index in [9.17, 15) is 0 Å². The lowest BCUT2D eigenvalue weighted by molar-refractivity contribution is 1.45. The molecule has 0 atom stereocenters. The van der Waals surface area contributed by atoms with Gasteiger partial charge >= 0.3 is 0 Å². The monoisotopic (exact) mass is 267 g/mol. The summed E-state index contributed by atoms with van der Waals surface area (Å²) in [6, 6.07) is 13.7. The zero-order valence-corrected chi connectivity index (χ0v) is 10.7. The van der Waals surface area contributed by atoms with Crippen molar-refractivity contribution in [3.05, 3.63) is 47.5 Å². The minimum Gasteiger partial charge on any atom is -0.383 e. The summed E-state index contributed by atoms with van der Waals surface area (Å²) >= 11 is 6.06. The molecule has 0 aliphatic heterocycles. The van der Waals surface area contributed by atoms with Gasteiger partial charge in [-0.1, -0.05) is 35.9 Å². The van der Waals surface area contributed by atoms with Crippen molar-refractivity contribution in [2.75, 3.05) is 5.73 Å². The average molecular weight is 268 g/mol. The molecule has 92 valence electrons. The number of aromatic amines is 1. The van der Waals surface area contributed by atoms with E-state index in [0.717, 1.165) is 32.7 Å². The Bertz CT molecular complexity index is 940. The van der Waals surface area contributed by atoms with Gasteiger partial charge in [-0.05, 0) is 18.2 Å². The van der Waals surface area contributed by atoms with Crippen LogP contribution in [0.25, 0.3) is 32.7 Å². The van der Waals surface area contributed by atoms with Crippen LogP contribution in [0.15, 0.2) is 42.5 Å². The van der Waals surface area contributed by atoms with Crippen LogP contribution >= 0.6 is 11.6 Å². The number of aromatic nitrogens is 2. The lowest BCUT2D eigenvalue weighted by atomic mass is 10.1. The average Bonchev–Trinajstić information content (AvgIpc) is 2.78. The fraction of sp³-hybridized carbons (Fsp3) is 0. The van der Waals surface area contributed by atoms with Crippen LogP contribution in [0, 0.1) is 0 Å². The number of benzene rings is 2. The van der Waals surface area contributed by atoms with Gasteiger partial charge in [0.15, 0.2) is 0 Å². The number of nitrogen functional groups attached to an aromatic ring is 1. The van der Waals surface area contributed by atoms with Gasteiger partial charge in [-0.25, -0.2) is 4.98 Å². The first-order valence-electron chi connectivity index (χ1n) is 5.99. The molecule has 0 unspecified atom stereocenters. The Morgan fingerprint density at radius 1 is 1.00 bits per heavy atom. The number of rotatable bonds is 0. The molecule has 2 heterocycles. The molecule has 2 aromatic heterocycles. The summed E-state index contributed by atoms with van der Waals surface area (Å²) < 4.78 is 0. The van der Waals surface area contributed by atoms with Gasteiger partial charge < -0.3 is 10.7 Å². The molecule has 4 rings (SSSR count). The molecule has 0 aliphatic rings. The molecule has 3 N–H and O–H groups in total. The number of halogens is 1. The first kappa shape index (κ1) is 10.6. The van der Waals surface area contributed by atoms with Crippen molar-refractivity contribution in [3.8, 4) is 0 Å². The summed E-state index contributed by atoms with van der Waals surface area (Å²) in [5.41, 5.74) is 8.94. The topological polar surface area (TPSA) is 54.7 Å². The van der Waals surface area contributed by atoms with Crippen LogP contribution in [0.1, 0.15) is 0 Å². The number of hydrogen-bond acceptors (Lipinski definition) is 2. The highest BCUT2D eigenvalue weighted by molar-refractivity contribution is 6.32. The second kappa shape index (κ2) is 3.62. The quantitative estimate of drug-likeness (QED) is 0.504. The molecule has 0 radical (unpaired) electrons. The summed E-state index contributed by atoms with van der Waals surface area (Å²) in [5, 5.41) is 3.74. The largest absolute Gasteiger partial charge is 0.383 e. The number of nitrogens with zero attached hydrogens (tertiary/aromatic N) is 1. The highest BCUT2D eigenvalue weighted by Gasteiger charge is 2.11. The van der Waals surface area contributed by atoms with E-state index < -0.39 is 0 Å². The molecule has 2 aromatic carbocycles. The van der Waals surface area contributed by atoms with Gasteiger partial charge in [0.05, 0.1) is 11.0 Å². The molecule has 0 amide bonds. The van der Waals surface area contributed by atoms with Crippen LogP contribution < -0.4 is 5.73 Å². The van der Waals surface area contributed by atoms with E-state index >= 15 is 0 Å². The zero-order valence-electron chi connectivity index (χ0n) is 9.94. The number of hydrogen-bond donors (Lipinski definition) is 2. The molecular formula is C15H10ClN3. The number of nitrogens with two attached hydrogens (primary N) is 1. The predicted molar refractivity (Wildman–Crippen MR) is 80.5 cm³/mol. The van der Waals surface area contributed by atoms with Crippen molar-refractivity contribution in [1.29, 1.82) is 0 Å². The van der Waals surface area contributed by atoms with Crippen LogP contribution in [0.5, 0.6) is 0 Å². The fourth-order valence-electron chi connectivity index (χ4n) is 2.57. The van der Waals surface area contributed by atoms with Gasteiger partial charge in [0.1, 0.15) is 5.82 Å². The van der Waals surface area contributed by atoms with Crippen LogP contribution in [0.3, 0.4) is 0 Å². The molecule has 4 heteroatoms.